The number of oxime groups is 1. The van der Waals surface area contributed by atoms with Crippen LogP contribution in [0.15, 0.2) is 5.16 Å². The summed E-state index contributed by atoms with van der Waals surface area (Å²) in [6, 6.07) is -0.164. The Morgan fingerprint density at radius 3 is 2.20 bits per heavy atom. The minimum atomic E-state index is -3.68. The highest BCUT2D eigenvalue weighted by molar-refractivity contribution is 7.87. The molecule has 0 saturated heterocycles. The van der Waals surface area contributed by atoms with Gasteiger partial charge in [-0.15, -0.1) is 0 Å². The van der Waals surface area contributed by atoms with Crippen LogP contribution in [0.4, 0.5) is 0 Å². The summed E-state index contributed by atoms with van der Waals surface area (Å²) < 4.78 is 28.7. The van der Waals surface area contributed by atoms with E-state index in [4.69, 9.17) is 10.9 Å². The van der Waals surface area contributed by atoms with Crippen molar-refractivity contribution in [2.75, 3.05) is 7.05 Å². The van der Waals surface area contributed by atoms with Crippen LogP contribution in [-0.4, -0.2) is 42.4 Å². The number of amidine groups is 1. The maximum absolute atomic E-state index is 12.4. The highest BCUT2D eigenvalue weighted by Crippen LogP contribution is 2.28. The van der Waals surface area contributed by atoms with E-state index in [2.05, 4.69) is 9.88 Å². The zero-order valence-electron chi connectivity index (χ0n) is 12.5. The van der Waals surface area contributed by atoms with Gasteiger partial charge in [-0.2, -0.15) is 17.4 Å². The van der Waals surface area contributed by atoms with Crippen molar-refractivity contribution in [1.29, 1.82) is 0 Å². The van der Waals surface area contributed by atoms with Gasteiger partial charge >= 0.3 is 0 Å². The summed E-state index contributed by atoms with van der Waals surface area (Å²) in [5.41, 5.74) is 4.81. The number of nitrogens with two attached hydrogens (primary N) is 1. The Bertz CT molecular complexity index is 440. The lowest BCUT2D eigenvalue weighted by Crippen LogP contribution is -2.60. The number of nitrogens with zero attached hydrogens (tertiary/aromatic N) is 2. The average molecular weight is 306 g/mol. The third kappa shape index (κ3) is 3.83. The molecule has 118 valence electrons. The molecule has 1 fully saturated rings. The lowest BCUT2D eigenvalue weighted by atomic mass is 9.90. The highest BCUT2D eigenvalue weighted by Gasteiger charge is 2.40. The summed E-state index contributed by atoms with van der Waals surface area (Å²) in [7, 11) is -2.16. The summed E-state index contributed by atoms with van der Waals surface area (Å²) in [5, 5.41) is 12.1. The first-order chi connectivity index (χ1) is 9.25. The van der Waals surface area contributed by atoms with E-state index in [0.717, 1.165) is 25.7 Å². The minimum absolute atomic E-state index is 0.0554. The fourth-order valence-electron chi connectivity index (χ4n) is 2.43. The molecular weight excluding hydrogens is 280 g/mol. The summed E-state index contributed by atoms with van der Waals surface area (Å²) in [4.78, 5) is 0. The smallest absolute Gasteiger partial charge is 0.280 e. The molecule has 0 spiro atoms. The number of hydrogen-bond donors (Lipinski definition) is 3. The minimum Gasteiger partial charge on any atom is -0.409 e. The van der Waals surface area contributed by atoms with Crippen molar-refractivity contribution in [3.8, 4) is 0 Å². The first kappa shape index (κ1) is 17.2. The fourth-order valence-corrected chi connectivity index (χ4v) is 3.94. The van der Waals surface area contributed by atoms with Gasteiger partial charge in [0, 0.05) is 13.1 Å². The standard InChI is InChI=1S/C12H26N4O3S/c1-10(2)16(3)20(18,19)15-12(11(13)14-17)8-6-4-5-7-9-12/h10,15,17H,4-9H2,1-3H3,(H2,13,14). The summed E-state index contributed by atoms with van der Waals surface area (Å²) >= 11 is 0. The molecular formula is C12H26N4O3S. The Labute approximate surface area is 121 Å². The topological polar surface area (TPSA) is 108 Å². The first-order valence-electron chi connectivity index (χ1n) is 7.00. The molecule has 0 aliphatic heterocycles. The van der Waals surface area contributed by atoms with Gasteiger partial charge in [0.15, 0.2) is 5.84 Å². The monoisotopic (exact) mass is 306 g/mol. The Morgan fingerprint density at radius 1 is 1.30 bits per heavy atom. The number of nitrogens with one attached hydrogen (secondary N) is 1. The molecule has 0 unspecified atom stereocenters. The van der Waals surface area contributed by atoms with Gasteiger partial charge in [-0.05, 0) is 26.7 Å². The van der Waals surface area contributed by atoms with Crippen molar-refractivity contribution >= 4 is 16.0 Å². The Balaban J connectivity index is 3.07. The molecule has 0 amide bonds. The Morgan fingerprint density at radius 2 is 1.80 bits per heavy atom. The van der Waals surface area contributed by atoms with Crippen molar-refractivity contribution < 1.29 is 13.6 Å². The van der Waals surface area contributed by atoms with Crippen molar-refractivity contribution in [1.82, 2.24) is 9.03 Å². The quantitative estimate of drug-likeness (QED) is 0.231. The van der Waals surface area contributed by atoms with Crippen LogP contribution in [0, 0.1) is 0 Å². The molecule has 7 nitrogen and oxygen atoms in total. The van der Waals surface area contributed by atoms with Gasteiger partial charge < -0.3 is 10.9 Å². The van der Waals surface area contributed by atoms with Crippen LogP contribution >= 0.6 is 0 Å². The van der Waals surface area contributed by atoms with Crippen LogP contribution in [0.1, 0.15) is 52.4 Å². The third-order valence-corrected chi connectivity index (χ3v) is 5.81. The highest BCUT2D eigenvalue weighted by atomic mass is 32.2. The molecule has 4 N–H and O–H groups in total. The second-order valence-electron chi connectivity index (χ2n) is 5.70. The molecule has 0 radical (unpaired) electrons. The molecule has 8 heteroatoms. The third-order valence-electron chi connectivity index (χ3n) is 3.99. The van der Waals surface area contributed by atoms with Crippen LogP contribution in [-0.2, 0) is 10.2 Å². The van der Waals surface area contributed by atoms with E-state index in [1.165, 1.54) is 11.4 Å². The van der Waals surface area contributed by atoms with Gasteiger partial charge in [-0.25, -0.2) is 0 Å². The van der Waals surface area contributed by atoms with Gasteiger partial charge in [-0.1, -0.05) is 30.8 Å². The zero-order valence-corrected chi connectivity index (χ0v) is 13.3. The molecule has 0 atom stereocenters. The molecule has 1 aliphatic carbocycles. The van der Waals surface area contributed by atoms with Crippen LogP contribution in [0.25, 0.3) is 0 Å². The molecule has 1 aliphatic rings. The molecule has 20 heavy (non-hydrogen) atoms. The predicted octanol–water partition coefficient (Wildman–Crippen LogP) is 1.00. The van der Waals surface area contributed by atoms with Crippen LogP contribution in [0.5, 0.6) is 0 Å². The van der Waals surface area contributed by atoms with Crippen LogP contribution < -0.4 is 10.5 Å². The Hall–Kier alpha value is -0.860. The van der Waals surface area contributed by atoms with Gasteiger partial charge in [0.05, 0.1) is 5.54 Å². The van der Waals surface area contributed by atoms with Crippen LogP contribution in [0.2, 0.25) is 0 Å². The van der Waals surface area contributed by atoms with Gasteiger partial charge in [-0.3, -0.25) is 0 Å². The van der Waals surface area contributed by atoms with Crippen molar-refractivity contribution in [3.05, 3.63) is 0 Å². The largest absolute Gasteiger partial charge is 0.409 e. The number of hydrogen-bond acceptors (Lipinski definition) is 4. The predicted molar refractivity (Wildman–Crippen MR) is 78.8 cm³/mol. The second-order valence-corrected chi connectivity index (χ2v) is 7.43. The lowest BCUT2D eigenvalue weighted by Gasteiger charge is -2.34. The second kappa shape index (κ2) is 6.73. The molecule has 1 rings (SSSR count). The van der Waals surface area contributed by atoms with E-state index >= 15 is 0 Å². The van der Waals surface area contributed by atoms with E-state index < -0.39 is 15.7 Å². The molecule has 0 bridgehead atoms. The van der Waals surface area contributed by atoms with Crippen molar-refractivity contribution in [3.63, 3.8) is 0 Å². The van der Waals surface area contributed by atoms with Crippen LogP contribution in [0.3, 0.4) is 0 Å². The molecule has 0 heterocycles. The van der Waals surface area contributed by atoms with E-state index in [9.17, 15) is 8.42 Å². The maximum Gasteiger partial charge on any atom is 0.280 e. The lowest BCUT2D eigenvalue weighted by molar-refractivity contribution is 0.304. The summed E-state index contributed by atoms with van der Waals surface area (Å²) in [6.45, 7) is 3.59. The molecule has 0 aromatic heterocycles. The SMILES string of the molecule is CC(C)N(C)S(=O)(=O)NC1(C(N)=NO)CCCCCC1. The van der Waals surface area contributed by atoms with E-state index in [1.807, 2.05) is 0 Å². The first-order valence-corrected chi connectivity index (χ1v) is 8.44. The van der Waals surface area contributed by atoms with E-state index in [-0.39, 0.29) is 11.9 Å². The van der Waals surface area contributed by atoms with Gasteiger partial charge in [0.1, 0.15) is 0 Å². The fraction of sp³-hybridized carbons (Fsp3) is 0.917. The molecule has 1 saturated carbocycles. The summed E-state index contributed by atoms with van der Waals surface area (Å²) in [6.07, 6.45) is 4.86. The van der Waals surface area contributed by atoms with E-state index in [0.29, 0.717) is 12.8 Å². The number of rotatable bonds is 5. The van der Waals surface area contributed by atoms with E-state index in [1.54, 1.807) is 13.8 Å². The Kier molecular flexibility index (Phi) is 5.79. The van der Waals surface area contributed by atoms with Gasteiger partial charge in [0.2, 0.25) is 0 Å². The summed E-state index contributed by atoms with van der Waals surface area (Å²) in [5.74, 6) is -0.0554. The molecule has 0 aromatic carbocycles. The van der Waals surface area contributed by atoms with Crippen molar-refractivity contribution in [2.45, 2.75) is 64.0 Å². The van der Waals surface area contributed by atoms with Crippen molar-refractivity contribution in [2.24, 2.45) is 10.9 Å². The molecule has 0 aromatic rings. The normalized spacial score (nSPS) is 21.1. The van der Waals surface area contributed by atoms with Gasteiger partial charge in [0.25, 0.3) is 10.2 Å². The maximum atomic E-state index is 12.4. The average Bonchev–Trinajstić information content (AvgIpc) is 2.62. The zero-order chi connectivity index (χ0) is 15.4.